The number of nitrogens with one attached hydrogen (secondary N) is 1. The van der Waals surface area contributed by atoms with E-state index in [1.54, 1.807) is 6.08 Å². The summed E-state index contributed by atoms with van der Waals surface area (Å²) in [6.07, 6.45) is 3.31. The number of carbonyl (C=O) groups excluding carboxylic acids is 1. The zero-order valence-corrected chi connectivity index (χ0v) is 12.4. The van der Waals surface area contributed by atoms with Gasteiger partial charge in [0.25, 0.3) is 0 Å². The summed E-state index contributed by atoms with van der Waals surface area (Å²) in [5, 5.41) is 3.43. The summed E-state index contributed by atoms with van der Waals surface area (Å²) in [6.45, 7) is 2.04. The fourth-order valence-corrected chi connectivity index (χ4v) is 2.94. The van der Waals surface area contributed by atoms with Crippen molar-refractivity contribution in [2.45, 2.75) is 6.92 Å². The number of nitrogens with zero attached hydrogens (tertiary/aromatic N) is 1. The molecule has 0 fully saturated rings. The van der Waals surface area contributed by atoms with Crippen LogP contribution in [0.1, 0.15) is 11.1 Å². The highest BCUT2D eigenvalue weighted by atomic mass is 32.1. The molecule has 1 N–H and O–H groups in total. The Labute approximate surface area is 127 Å². The molecule has 0 aliphatic rings. The molecule has 21 heavy (non-hydrogen) atoms. The van der Waals surface area contributed by atoms with Crippen LogP contribution in [0.5, 0.6) is 0 Å². The number of thiazole rings is 1. The Hall–Kier alpha value is -2.46. The second-order valence-electron chi connectivity index (χ2n) is 4.72. The minimum absolute atomic E-state index is 0.172. The zero-order valence-electron chi connectivity index (χ0n) is 11.5. The summed E-state index contributed by atoms with van der Waals surface area (Å²) in [6, 6.07) is 15.8. The summed E-state index contributed by atoms with van der Waals surface area (Å²) >= 11 is 1.48. The van der Waals surface area contributed by atoms with Crippen molar-refractivity contribution in [2.75, 3.05) is 5.32 Å². The van der Waals surface area contributed by atoms with E-state index < -0.39 is 0 Å². The van der Waals surface area contributed by atoms with Gasteiger partial charge in [0.05, 0.1) is 10.2 Å². The SMILES string of the molecule is Cc1ccc2nc(NC(=O)/C=C/c3ccccc3)sc2c1. The van der Waals surface area contributed by atoms with Crippen molar-refractivity contribution in [3.8, 4) is 0 Å². The van der Waals surface area contributed by atoms with Gasteiger partial charge in [-0.2, -0.15) is 0 Å². The molecular formula is C17H14N2OS. The third kappa shape index (κ3) is 3.35. The predicted molar refractivity (Wildman–Crippen MR) is 88.5 cm³/mol. The Bertz CT molecular complexity index is 806. The van der Waals surface area contributed by atoms with Crippen LogP contribution < -0.4 is 5.32 Å². The molecule has 1 aromatic heterocycles. The summed E-state index contributed by atoms with van der Waals surface area (Å²) in [5.74, 6) is -0.172. The highest BCUT2D eigenvalue weighted by Crippen LogP contribution is 2.26. The second-order valence-corrected chi connectivity index (χ2v) is 5.75. The molecule has 0 saturated carbocycles. The molecule has 1 heterocycles. The molecule has 0 unspecified atom stereocenters. The first kappa shape index (κ1) is 13.5. The van der Waals surface area contributed by atoms with Gasteiger partial charge in [-0.15, -0.1) is 0 Å². The topological polar surface area (TPSA) is 42.0 Å². The van der Waals surface area contributed by atoms with Crippen LogP contribution in [0.25, 0.3) is 16.3 Å². The van der Waals surface area contributed by atoms with Crippen molar-refractivity contribution < 1.29 is 4.79 Å². The molecule has 0 aliphatic carbocycles. The molecule has 2 aromatic carbocycles. The van der Waals surface area contributed by atoms with Gasteiger partial charge in [-0.05, 0) is 36.3 Å². The number of anilines is 1. The molecule has 3 nitrogen and oxygen atoms in total. The fourth-order valence-electron chi connectivity index (χ4n) is 1.97. The Morgan fingerprint density at radius 2 is 2.00 bits per heavy atom. The molecule has 0 radical (unpaired) electrons. The summed E-state index contributed by atoms with van der Waals surface area (Å²) < 4.78 is 1.08. The van der Waals surface area contributed by atoms with E-state index in [1.165, 1.54) is 23.0 Å². The van der Waals surface area contributed by atoms with Gasteiger partial charge in [0.1, 0.15) is 0 Å². The Balaban J connectivity index is 1.73. The van der Waals surface area contributed by atoms with Crippen LogP contribution in [-0.2, 0) is 4.79 Å². The molecule has 1 amide bonds. The van der Waals surface area contributed by atoms with Crippen molar-refractivity contribution >= 4 is 38.7 Å². The average molecular weight is 294 g/mol. The maximum atomic E-state index is 11.9. The van der Waals surface area contributed by atoms with Crippen molar-refractivity contribution in [1.29, 1.82) is 0 Å². The van der Waals surface area contributed by atoms with E-state index in [0.29, 0.717) is 5.13 Å². The van der Waals surface area contributed by atoms with Crippen molar-refractivity contribution in [3.05, 3.63) is 65.7 Å². The molecule has 3 aromatic rings. The van der Waals surface area contributed by atoms with Crippen LogP contribution in [0.4, 0.5) is 5.13 Å². The van der Waals surface area contributed by atoms with Gasteiger partial charge in [0.15, 0.2) is 5.13 Å². The highest BCUT2D eigenvalue weighted by Gasteiger charge is 2.05. The molecular weight excluding hydrogens is 280 g/mol. The number of carbonyl (C=O) groups is 1. The lowest BCUT2D eigenvalue weighted by Gasteiger charge is -1.95. The Morgan fingerprint density at radius 1 is 1.19 bits per heavy atom. The maximum Gasteiger partial charge on any atom is 0.250 e. The molecule has 0 bridgehead atoms. The molecule has 0 spiro atoms. The maximum absolute atomic E-state index is 11.9. The quantitative estimate of drug-likeness (QED) is 0.733. The Kier molecular flexibility index (Phi) is 3.79. The van der Waals surface area contributed by atoms with Gasteiger partial charge in [-0.1, -0.05) is 47.7 Å². The molecule has 3 rings (SSSR count). The lowest BCUT2D eigenvalue weighted by molar-refractivity contribution is -0.111. The lowest BCUT2D eigenvalue weighted by Crippen LogP contribution is -2.07. The van der Waals surface area contributed by atoms with Crippen molar-refractivity contribution in [3.63, 3.8) is 0 Å². The normalized spacial score (nSPS) is 11.1. The molecule has 104 valence electrons. The van der Waals surface area contributed by atoms with Gasteiger partial charge in [0, 0.05) is 6.08 Å². The number of fused-ring (bicyclic) bond motifs is 1. The van der Waals surface area contributed by atoms with Crippen LogP contribution >= 0.6 is 11.3 Å². The third-order valence-electron chi connectivity index (χ3n) is 3.00. The predicted octanol–water partition coefficient (Wildman–Crippen LogP) is 4.26. The van der Waals surface area contributed by atoms with Crippen LogP contribution in [0.2, 0.25) is 0 Å². The number of hydrogen-bond donors (Lipinski definition) is 1. The summed E-state index contributed by atoms with van der Waals surface area (Å²) in [4.78, 5) is 16.3. The van der Waals surface area contributed by atoms with Crippen molar-refractivity contribution in [2.24, 2.45) is 0 Å². The van der Waals surface area contributed by atoms with E-state index in [9.17, 15) is 4.79 Å². The van der Waals surface area contributed by atoms with Gasteiger partial charge in [-0.25, -0.2) is 4.98 Å². The monoisotopic (exact) mass is 294 g/mol. The van der Waals surface area contributed by atoms with E-state index in [2.05, 4.69) is 16.4 Å². The molecule has 0 saturated heterocycles. The van der Waals surface area contributed by atoms with Crippen LogP contribution in [0.3, 0.4) is 0 Å². The Morgan fingerprint density at radius 3 is 2.81 bits per heavy atom. The fraction of sp³-hybridized carbons (Fsp3) is 0.0588. The van der Waals surface area contributed by atoms with Gasteiger partial charge in [0.2, 0.25) is 5.91 Å². The van der Waals surface area contributed by atoms with Crippen LogP contribution in [0.15, 0.2) is 54.6 Å². The third-order valence-corrected chi connectivity index (χ3v) is 3.93. The lowest BCUT2D eigenvalue weighted by atomic mass is 10.2. The zero-order chi connectivity index (χ0) is 14.7. The van der Waals surface area contributed by atoms with Crippen LogP contribution in [-0.4, -0.2) is 10.9 Å². The second kappa shape index (κ2) is 5.89. The minimum Gasteiger partial charge on any atom is -0.298 e. The number of rotatable bonds is 3. The van der Waals surface area contributed by atoms with Crippen molar-refractivity contribution in [1.82, 2.24) is 4.98 Å². The largest absolute Gasteiger partial charge is 0.298 e. The number of hydrogen-bond acceptors (Lipinski definition) is 3. The van der Waals surface area contributed by atoms with Gasteiger partial charge < -0.3 is 0 Å². The van der Waals surface area contributed by atoms with E-state index in [4.69, 9.17) is 0 Å². The molecule has 0 atom stereocenters. The van der Waals surface area contributed by atoms with E-state index in [1.807, 2.05) is 49.4 Å². The number of benzene rings is 2. The highest BCUT2D eigenvalue weighted by molar-refractivity contribution is 7.22. The summed E-state index contributed by atoms with van der Waals surface area (Å²) in [7, 11) is 0. The number of amides is 1. The average Bonchev–Trinajstić information content (AvgIpc) is 2.87. The molecule has 4 heteroatoms. The summed E-state index contributed by atoms with van der Waals surface area (Å²) in [5.41, 5.74) is 3.09. The molecule has 0 aliphatic heterocycles. The number of aromatic nitrogens is 1. The first-order valence-corrected chi connectivity index (χ1v) is 7.44. The first-order chi connectivity index (χ1) is 10.2. The van der Waals surface area contributed by atoms with Gasteiger partial charge >= 0.3 is 0 Å². The smallest absolute Gasteiger partial charge is 0.250 e. The first-order valence-electron chi connectivity index (χ1n) is 6.62. The minimum atomic E-state index is -0.172. The van der Waals surface area contributed by atoms with E-state index >= 15 is 0 Å². The van der Waals surface area contributed by atoms with E-state index in [-0.39, 0.29) is 5.91 Å². The van der Waals surface area contributed by atoms with Crippen LogP contribution in [0, 0.1) is 6.92 Å². The number of aryl methyl sites for hydroxylation is 1. The van der Waals surface area contributed by atoms with Gasteiger partial charge in [-0.3, -0.25) is 10.1 Å². The van der Waals surface area contributed by atoms with E-state index in [0.717, 1.165) is 15.8 Å². The standard InChI is InChI=1S/C17H14N2OS/c1-12-7-9-14-15(11-12)21-17(18-14)19-16(20)10-8-13-5-3-2-4-6-13/h2-11H,1H3,(H,18,19,20)/b10-8+.